The maximum atomic E-state index is 11.6. The molecule has 18 heavy (non-hydrogen) atoms. The van der Waals surface area contributed by atoms with E-state index < -0.39 is 26.7 Å². The van der Waals surface area contributed by atoms with Crippen molar-refractivity contribution < 1.29 is 27.6 Å². The molecule has 2 N–H and O–H groups in total. The minimum Gasteiger partial charge on any atom is -0.506 e. The summed E-state index contributed by atoms with van der Waals surface area (Å²) in [5.74, 6) is -1.98. The lowest BCUT2D eigenvalue weighted by Crippen LogP contribution is -2.08. The second-order valence-electron chi connectivity index (χ2n) is 3.99. The van der Waals surface area contributed by atoms with Gasteiger partial charge in [-0.1, -0.05) is 13.8 Å². The molecular weight excluding hydrogens is 260 g/mol. The summed E-state index contributed by atoms with van der Waals surface area (Å²) < 4.78 is 27.5. The van der Waals surface area contributed by atoms with Crippen LogP contribution in [0.1, 0.15) is 35.7 Å². The first kappa shape index (κ1) is 14.5. The van der Waals surface area contributed by atoms with E-state index in [2.05, 4.69) is 4.18 Å². The monoisotopic (exact) mass is 274 g/mol. The number of phenolic OH excluding ortho intramolecular Hbond substituents is 1. The molecule has 0 saturated heterocycles. The maximum Gasteiger partial charge on any atom is 0.335 e. The third-order valence-electron chi connectivity index (χ3n) is 2.46. The molecule has 0 radical (unpaired) electrons. The number of rotatable bonds is 4. The molecule has 0 aliphatic heterocycles. The minimum absolute atomic E-state index is 0.216. The summed E-state index contributed by atoms with van der Waals surface area (Å²) in [7, 11) is -3.21. The van der Waals surface area contributed by atoms with Crippen LogP contribution >= 0.6 is 0 Å². The summed E-state index contributed by atoms with van der Waals surface area (Å²) in [6.45, 7) is 3.42. The van der Waals surface area contributed by atoms with Crippen LogP contribution in [-0.4, -0.2) is 31.7 Å². The van der Waals surface area contributed by atoms with Crippen molar-refractivity contribution in [3.8, 4) is 5.75 Å². The molecular formula is C11H14O6S. The molecule has 1 aromatic rings. The summed E-state index contributed by atoms with van der Waals surface area (Å²) in [6, 6.07) is 2.12. The second kappa shape index (κ2) is 4.95. The van der Waals surface area contributed by atoms with Gasteiger partial charge in [-0.05, 0) is 23.6 Å². The zero-order chi connectivity index (χ0) is 14.1. The van der Waals surface area contributed by atoms with Gasteiger partial charge in [0.15, 0.2) is 0 Å². The van der Waals surface area contributed by atoms with E-state index in [0.29, 0.717) is 0 Å². The summed E-state index contributed by atoms with van der Waals surface area (Å²) in [5.41, 5.74) is 0.0256. The molecule has 0 aromatic heterocycles. The van der Waals surface area contributed by atoms with Crippen LogP contribution in [0.3, 0.4) is 0 Å². The largest absolute Gasteiger partial charge is 0.506 e. The smallest absolute Gasteiger partial charge is 0.335 e. The van der Waals surface area contributed by atoms with Crippen LogP contribution in [0.4, 0.5) is 0 Å². The third-order valence-corrected chi connectivity index (χ3v) is 3.75. The average molecular weight is 274 g/mol. The van der Waals surface area contributed by atoms with Gasteiger partial charge in [0.1, 0.15) is 10.6 Å². The standard InChI is InChI=1S/C11H14O6S/c1-6(2)8-4-7(11(13)14)5-9(10(8)12)18(15,16)17-3/h4-6,12H,1-3H3,(H,13,14). The Morgan fingerprint density at radius 3 is 2.28 bits per heavy atom. The number of hydrogen-bond donors (Lipinski definition) is 2. The van der Waals surface area contributed by atoms with Crippen molar-refractivity contribution in [3.05, 3.63) is 23.3 Å². The quantitative estimate of drug-likeness (QED) is 0.808. The molecule has 1 aromatic carbocycles. The highest BCUT2D eigenvalue weighted by atomic mass is 32.2. The topological polar surface area (TPSA) is 101 Å². The Bertz CT molecular complexity index is 573. The molecule has 0 unspecified atom stereocenters. The van der Waals surface area contributed by atoms with Crippen molar-refractivity contribution in [2.75, 3.05) is 7.11 Å². The van der Waals surface area contributed by atoms with Gasteiger partial charge in [0, 0.05) is 0 Å². The Labute approximate surface area is 105 Å². The lowest BCUT2D eigenvalue weighted by Gasteiger charge is -2.13. The van der Waals surface area contributed by atoms with Gasteiger partial charge in [0.25, 0.3) is 10.1 Å². The molecule has 6 nitrogen and oxygen atoms in total. The lowest BCUT2D eigenvalue weighted by atomic mass is 9.99. The van der Waals surface area contributed by atoms with Gasteiger partial charge in [-0.15, -0.1) is 0 Å². The fourth-order valence-corrected chi connectivity index (χ4v) is 2.28. The molecule has 0 atom stereocenters. The second-order valence-corrected chi connectivity index (χ2v) is 5.67. The van der Waals surface area contributed by atoms with Gasteiger partial charge in [-0.3, -0.25) is 4.18 Å². The number of phenols is 1. The summed E-state index contributed by atoms with van der Waals surface area (Å²) in [4.78, 5) is 10.4. The van der Waals surface area contributed by atoms with Crippen LogP contribution in [-0.2, 0) is 14.3 Å². The third kappa shape index (κ3) is 2.62. The Hall–Kier alpha value is -1.60. The molecule has 0 heterocycles. The number of carboxylic acids is 1. The molecule has 0 aliphatic rings. The lowest BCUT2D eigenvalue weighted by molar-refractivity contribution is 0.0696. The zero-order valence-corrected chi connectivity index (χ0v) is 11.0. The van der Waals surface area contributed by atoms with Crippen molar-refractivity contribution >= 4 is 16.1 Å². The fraction of sp³-hybridized carbons (Fsp3) is 0.364. The Kier molecular flexibility index (Phi) is 3.98. The Morgan fingerprint density at radius 1 is 1.33 bits per heavy atom. The van der Waals surface area contributed by atoms with E-state index in [1.54, 1.807) is 13.8 Å². The normalized spacial score (nSPS) is 11.8. The summed E-state index contributed by atoms with van der Waals surface area (Å²) in [5, 5.41) is 18.8. The van der Waals surface area contributed by atoms with Gasteiger partial charge in [-0.2, -0.15) is 8.42 Å². The number of carbonyl (C=O) groups is 1. The first-order chi connectivity index (χ1) is 8.20. The van der Waals surface area contributed by atoms with Crippen LogP contribution in [0.15, 0.2) is 17.0 Å². The highest BCUT2D eigenvalue weighted by Gasteiger charge is 2.24. The highest BCUT2D eigenvalue weighted by molar-refractivity contribution is 7.86. The van der Waals surface area contributed by atoms with Crippen molar-refractivity contribution in [1.29, 1.82) is 0 Å². The molecule has 0 fully saturated rings. The van der Waals surface area contributed by atoms with E-state index in [9.17, 15) is 18.3 Å². The van der Waals surface area contributed by atoms with Crippen LogP contribution < -0.4 is 0 Å². The highest BCUT2D eigenvalue weighted by Crippen LogP contribution is 2.34. The summed E-state index contributed by atoms with van der Waals surface area (Å²) >= 11 is 0. The molecule has 100 valence electrons. The number of hydrogen-bond acceptors (Lipinski definition) is 5. The number of benzene rings is 1. The van der Waals surface area contributed by atoms with Crippen LogP contribution in [0.2, 0.25) is 0 Å². The van der Waals surface area contributed by atoms with Gasteiger partial charge in [0.05, 0.1) is 12.7 Å². The predicted octanol–water partition coefficient (Wildman–Crippen LogP) is 1.55. The number of aromatic hydroxyl groups is 1. The molecule has 0 bridgehead atoms. The fourth-order valence-electron chi connectivity index (χ4n) is 1.47. The Morgan fingerprint density at radius 2 is 1.89 bits per heavy atom. The van der Waals surface area contributed by atoms with Crippen molar-refractivity contribution in [2.24, 2.45) is 0 Å². The van der Waals surface area contributed by atoms with Crippen LogP contribution in [0, 0.1) is 0 Å². The van der Waals surface area contributed by atoms with E-state index in [0.717, 1.165) is 13.2 Å². The molecule has 7 heteroatoms. The van der Waals surface area contributed by atoms with Crippen LogP contribution in [0.5, 0.6) is 5.75 Å². The minimum atomic E-state index is -4.15. The van der Waals surface area contributed by atoms with E-state index in [1.807, 2.05) is 0 Å². The molecule has 1 rings (SSSR count). The van der Waals surface area contributed by atoms with Crippen molar-refractivity contribution in [1.82, 2.24) is 0 Å². The summed E-state index contributed by atoms with van der Waals surface area (Å²) in [6.07, 6.45) is 0. The van der Waals surface area contributed by atoms with E-state index >= 15 is 0 Å². The van der Waals surface area contributed by atoms with E-state index in [4.69, 9.17) is 5.11 Å². The van der Waals surface area contributed by atoms with Crippen molar-refractivity contribution in [2.45, 2.75) is 24.7 Å². The predicted molar refractivity (Wildman–Crippen MR) is 63.3 cm³/mol. The van der Waals surface area contributed by atoms with Gasteiger partial charge < -0.3 is 10.2 Å². The molecule has 0 amide bonds. The number of aromatic carboxylic acids is 1. The van der Waals surface area contributed by atoms with Gasteiger partial charge in [0.2, 0.25) is 0 Å². The SMILES string of the molecule is COS(=O)(=O)c1cc(C(=O)O)cc(C(C)C)c1O. The maximum absolute atomic E-state index is 11.6. The van der Waals surface area contributed by atoms with Gasteiger partial charge >= 0.3 is 5.97 Å². The average Bonchev–Trinajstić information content (AvgIpc) is 2.28. The van der Waals surface area contributed by atoms with Crippen molar-refractivity contribution in [3.63, 3.8) is 0 Å². The van der Waals surface area contributed by atoms with E-state index in [1.165, 1.54) is 6.07 Å². The van der Waals surface area contributed by atoms with Gasteiger partial charge in [-0.25, -0.2) is 4.79 Å². The van der Waals surface area contributed by atoms with E-state index in [-0.39, 0.29) is 17.0 Å². The molecule has 0 saturated carbocycles. The zero-order valence-electron chi connectivity index (χ0n) is 10.2. The number of carboxylic acid groups (broad SMARTS) is 1. The van der Waals surface area contributed by atoms with Crippen LogP contribution in [0.25, 0.3) is 0 Å². The first-order valence-electron chi connectivity index (χ1n) is 5.11. The first-order valence-corrected chi connectivity index (χ1v) is 6.52. The molecule has 0 aliphatic carbocycles. The Balaban J connectivity index is 3.66. The molecule has 0 spiro atoms.